The normalized spacial score (nSPS) is 32.7. The third-order valence-electron chi connectivity index (χ3n) is 1.67. The molecule has 66 valence electrons. The van der Waals surface area contributed by atoms with Crippen LogP contribution in [-0.4, -0.2) is 36.0 Å². The van der Waals surface area contributed by atoms with Gasteiger partial charge in [-0.25, -0.2) is 0 Å². The van der Waals surface area contributed by atoms with E-state index in [1.165, 1.54) is 0 Å². The van der Waals surface area contributed by atoms with E-state index in [2.05, 4.69) is 26.1 Å². The zero-order valence-corrected chi connectivity index (χ0v) is 7.42. The Bertz CT molecular complexity index is 131. The van der Waals surface area contributed by atoms with E-state index in [1.54, 1.807) is 0 Å². The molecule has 0 aromatic rings. The van der Waals surface area contributed by atoms with E-state index in [0.29, 0.717) is 13.2 Å². The summed E-state index contributed by atoms with van der Waals surface area (Å²) in [4.78, 5) is 0. The van der Waals surface area contributed by atoms with Crippen LogP contribution in [0, 0.1) is 0 Å². The zero-order chi connectivity index (χ0) is 8.48. The summed E-state index contributed by atoms with van der Waals surface area (Å²) in [5, 5.41) is 12.7. The first-order chi connectivity index (χ1) is 4.99. The van der Waals surface area contributed by atoms with Gasteiger partial charge in [-0.3, -0.25) is 0 Å². The summed E-state index contributed by atoms with van der Waals surface area (Å²) in [6, 6.07) is 0.106. The van der Waals surface area contributed by atoms with Crippen LogP contribution in [0.25, 0.3) is 0 Å². The van der Waals surface area contributed by atoms with Gasteiger partial charge in [0.1, 0.15) is 0 Å². The Kier molecular flexibility index (Phi) is 2.52. The molecule has 0 aromatic heterocycles. The van der Waals surface area contributed by atoms with E-state index < -0.39 is 0 Å². The molecule has 0 unspecified atom stereocenters. The molecule has 1 heterocycles. The molecule has 0 aromatic carbocycles. The van der Waals surface area contributed by atoms with E-state index in [9.17, 15) is 5.11 Å². The molecule has 2 N–H and O–H groups in total. The highest BCUT2D eigenvalue weighted by Gasteiger charge is 2.28. The third-order valence-corrected chi connectivity index (χ3v) is 1.67. The maximum atomic E-state index is 9.36. The second kappa shape index (κ2) is 3.09. The minimum Gasteiger partial charge on any atom is -0.389 e. The molecule has 3 heteroatoms. The van der Waals surface area contributed by atoms with Crippen molar-refractivity contribution in [2.75, 3.05) is 13.2 Å². The predicted octanol–water partition coefficient (Wildman–Crippen LogP) is 0.134. The number of rotatable bonds is 1. The SMILES string of the molecule is CC(C)(C)N[C@@H]1COC[C@H]1O. The molecule has 1 aliphatic rings. The van der Waals surface area contributed by atoms with Crippen LogP contribution in [0.2, 0.25) is 0 Å². The molecule has 11 heavy (non-hydrogen) atoms. The number of hydrogen-bond acceptors (Lipinski definition) is 3. The zero-order valence-electron chi connectivity index (χ0n) is 7.42. The van der Waals surface area contributed by atoms with Crippen molar-refractivity contribution in [1.82, 2.24) is 5.32 Å². The monoisotopic (exact) mass is 159 g/mol. The van der Waals surface area contributed by atoms with Crippen molar-refractivity contribution in [3.05, 3.63) is 0 Å². The van der Waals surface area contributed by atoms with Crippen molar-refractivity contribution in [1.29, 1.82) is 0 Å². The van der Waals surface area contributed by atoms with Crippen LogP contribution in [0.4, 0.5) is 0 Å². The Morgan fingerprint density at radius 3 is 2.36 bits per heavy atom. The topological polar surface area (TPSA) is 41.5 Å². The first-order valence-electron chi connectivity index (χ1n) is 4.02. The number of aliphatic hydroxyl groups excluding tert-OH is 1. The Hall–Kier alpha value is -0.120. The van der Waals surface area contributed by atoms with Gasteiger partial charge in [0.15, 0.2) is 0 Å². The molecule has 0 radical (unpaired) electrons. The van der Waals surface area contributed by atoms with Gasteiger partial charge >= 0.3 is 0 Å². The molecule has 1 saturated heterocycles. The average molecular weight is 159 g/mol. The van der Waals surface area contributed by atoms with Crippen molar-refractivity contribution in [3.8, 4) is 0 Å². The molecular weight excluding hydrogens is 142 g/mol. The molecule has 2 atom stereocenters. The molecule has 1 rings (SSSR count). The van der Waals surface area contributed by atoms with Crippen LogP contribution in [0.5, 0.6) is 0 Å². The smallest absolute Gasteiger partial charge is 0.0948 e. The van der Waals surface area contributed by atoms with Crippen molar-refractivity contribution in [2.24, 2.45) is 0 Å². The minimum atomic E-state index is -0.339. The predicted molar refractivity (Wildman–Crippen MR) is 43.5 cm³/mol. The van der Waals surface area contributed by atoms with Gasteiger partial charge in [0, 0.05) is 5.54 Å². The summed E-state index contributed by atoms with van der Waals surface area (Å²) >= 11 is 0. The Morgan fingerprint density at radius 2 is 2.00 bits per heavy atom. The van der Waals surface area contributed by atoms with Crippen molar-refractivity contribution in [3.63, 3.8) is 0 Å². The fourth-order valence-corrected chi connectivity index (χ4v) is 1.24. The van der Waals surface area contributed by atoms with Gasteiger partial charge in [0.05, 0.1) is 25.4 Å². The van der Waals surface area contributed by atoms with Crippen LogP contribution < -0.4 is 5.32 Å². The summed E-state index contributed by atoms with van der Waals surface area (Å²) in [6.07, 6.45) is -0.339. The average Bonchev–Trinajstić information content (AvgIpc) is 2.12. The molecule has 0 aliphatic carbocycles. The van der Waals surface area contributed by atoms with Crippen LogP contribution in [0.15, 0.2) is 0 Å². The highest BCUT2D eigenvalue weighted by Crippen LogP contribution is 2.09. The third kappa shape index (κ3) is 2.77. The fraction of sp³-hybridized carbons (Fsp3) is 1.00. The molecule has 0 amide bonds. The van der Waals surface area contributed by atoms with Gasteiger partial charge in [-0.1, -0.05) is 0 Å². The number of aliphatic hydroxyl groups is 1. The summed E-state index contributed by atoms with van der Waals surface area (Å²) in [5.41, 5.74) is 0.0549. The Morgan fingerprint density at radius 1 is 1.36 bits per heavy atom. The van der Waals surface area contributed by atoms with Crippen LogP contribution >= 0.6 is 0 Å². The van der Waals surface area contributed by atoms with Crippen LogP contribution in [-0.2, 0) is 4.74 Å². The lowest BCUT2D eigenvalue weighted by Gasteiger charge is -2.26. The quantitative estimate of drug-likeness (QED) is 0.571. The van der Waals surface area contributed by atoms with E-state index in [1.807, 2.05) is 0 Å². The minimum absolute atomic E-state index is 0.0549. The van der Waals surface area contributed by atoms with E-state index in [0.717, 1.165) is 0 Å². The number of nitrogens with one attached hydrogen (secondary N) is 1. The number of hydrogen-bond donors (Lipinski definition) is 2. The molecule has 1 fully saturated rings. The molecule has 0 spiro atoms. The largest absolute Gasteiger partial charge is 0.389 e. The van der Waals surface area contributed by atoms with E-state index in [-0.39, 0.29) is 17.7 Å². The van der Waals surface area contributed by atoms with Gasteiger partial charge in [-0.15, -0.1) is 0 Å². The summed E-state index contributed by atoms with van der Waals surface area (Å²) < 4.78 is 5.10. The lowest BCUT2D eigenvalue weighted by molar-refractivity contribution is 0.119. The first kappa shape index (κ1) is 8.97. The van der Waals surface area contributed by atoms with Crippen molar-refractivity contribution >= 4 is 0 Å². The molecular formula is C8H17NO2. The van der Waals surface area contributed by atoms with Gasteiger partial charge < -0.3 is 15.2 Å². The lowest BCUT2D eigenvalue weighted by atomic mass is 10.1. The first-order valence-corrected chi connectivity index (χ1v) is 4.02. The fourth-order valence-electron chi connectivity index (χ4n) is 1.24. The molecule has 3 nitrogen and oxygen atoms in total. The number of ether oxygens (including phenoxy) is 1. The van der Waals surface area contributed by atoms with Crippen LogP contribution in [0.3, 0.4) is 0 Å². The van der Waals surface area contributed by atoms with E-state index >= 15 is 0 Å². The summed E-state index contributed by atoms with van der Waals surface area (Å²) in [6.45, 7) is 7.33. The second-order valence-corrected chi connectivity index (χ2v) is 4.11. The van der Waals surface area contributed by atoms with Gasteiger partial charge in [0.25, 0.3) is 0 Å². The van der Waals surface area contributed by atoms with Crippen molar-refractivity contribution in [2.45, 2.75) is 38.5 Å². The van der Waals surface area contributed by atoms with Gasteiger partial charge in [-0.2, -0.15) is 0 Å². The molecule has 0 saturated carbocycles. The van der Waals surface area contributed by atoms with Gasteiger partial charge in [-0.05, 0) is 20.8 Å². The second-order valence-electron chi connectivity index (χ2n) is 4.11. The highest BCUT2D eigenvalue weighted by atomic mass is 16.5. The lowest BCUT2D eigenvalue weighted by Crippen LogP contribution is -2.48. The van der Waals surface area contributed by atoms with Crippen LogP contribution in [0.1, 0.15) is 20.8 Å². The molecule has 1 aliphatic heterocycles. The summed E-state index contributed by atoms with van der Waals surface area (Å²) in [5.74, 6) is 0. The van der Waals surface area contributed by atoms with Crippen molar-refractivity contribution < 1.29 is 9.84 Å². The molecule has 0 bridgehead atoms. The maximum absolute atomic E-state index is 9.36. The standard InChI is InChI=1S/C8H17NO2/c1-8(2,3)9-6-4-11-5-7(6)10/h6-7,9-10H,4-5H2,1-3H3/t6-,7-/m1/s1. The van der Waals surface area contributed by atoms with Gasteiger partial charge in [0.2, 0.25) is 0 Å². The highest BCUT2D eigenvalue weighted by molar-refractivity contribution is 4.86. The van der Waals surface area contributed by atoms with E-state index in [4.69, 9.17) is 4.74 Å². The Balaban J connectivity index is 2.37. The maximum Gasteiger partial charge on any atom is 0.0948 e. The summed E-state index contributed by atoms with van der Waals surface area (Å²) in [7, 11) is 0. The Labute approximate surface area is 67.7 Å².